The van der Waals surface area contributed by atoms with Gasteiger partial charge in [-0.15, -0.1) is 0 Å². The van der Waals surface area contributed by atoms with Crippen LogP contribution in [0.5, 0.6) is 0 Å². The summed E-state index contributed by atoms with van der Waals surface area (Å²) in [7, 11) is 0. The van der Waals surface area contributed by atoms with Crippen LogP contribution in [0, 0.1) is 0 Å². The fourth-order valence-corrected chi connectivity index (χ4v) is 3.49. The third-order valence-corrected chi connectivity index (χ3v) is 4.64. The number of carbonyl (C=O) groups excluding carboxylic acids is 1. The van der Waals surface area contributed by atoms with Crippen LogP contribution in [-0.4, -0.2) is 21.8 Å². The van der Waals surface area contributed by atoms with Gasteiger partial charge in [0.1, 0.15) is 0 Å². The Morgan fingerprint density at radius 3 is 2.48 bits per heavy atom. The molecule has 1 unspecified atom stereocenters. The Kier molecular flexibility index (Phi) is 4.60. The normalized spacial score (nSPS) is 20.2. The Morgan fingerprint density at radius 1 is 1.04 bits per heavy atom. The molecule has 0 aliphatic heterocycles. The summed E-state index contributed by atoms with van der Waals surface area (Å²) in [5.41, 5.74) is 2.78. The quantitative estimate of drug-likeness (QED) is 0.672. The third kappa shape index (κ3) is 3.87. The van der Waals surface area contributed by atoms with E-state index in [0.29, 0.717) is 24.8 Å². The maximum Gasteiger partial charge on any atom is 0.167 e. The van der Waals surface area contributed by atoms with Crippen molar-refractivity contribution in [3.05, 3.63) is 71.3 Å². The molecule has 0 saturated heterocycles. The van der Waals surface area contributed by atoms with E-state index >= 15 is 0 Å². The first-order chi connectivity index (χ1) is 11.1. The minimum Gasteiger partial charge on any atom is -0.366 e. The number of carbonyl (C=O) groups is 1. The van der Waals surface area contributed by atoms with Crippen molar-refractivity contribution in [1.29, 1.82) is 0 Å². The Bertz CT molecular complexity index is 676. The molecule has 0 bridgehead atoms. The van der Waals surface area contributed by atoms with E-state index in [1.807, 2.05) is 54.6 Å². The first kappa shape index (κ1) is 15.9. The summed E-state index contributed by atoms with van der Waals surface area (Å²) in [6.45, 7) is 0. The van der Waals surface area contributed by atoms with Crippen molar-refractivity contribution < 1.29 is 15.0 Å². The molecule has 0 spiro atoms. The summed E-state index contributed by atoms with van der Waals surface area (Å²) >= 11 is 0. The van der Waals surface area contributed by atoms with E-state index in [4.69, 9.17) is 0 Å². The summed E-state index contributed by atoms with van der Waals surface area (Å²) in [5.74, 6) is -1.40. The number of rotatable bonds is 4. The molecule has 0 aromatic heterocycles. The highest BCUT2D eigenvalue weighted by Gasteiger charge is 2.33. The fourth-order valence-electron chi connectivity index (χ4n) is 3.49. The number of benzene rings is 2. The van der Waals surface area contributed by atoms with Gasteiger partial charge in [-0.3, -0.25) is 4.79 Å². The molecule has 0 radical (unpaired) electrons. The average Bonchev–Trinajstić information content (AvgIpc) is 2.55. The molecule has 1 aliphatic carbocycles. The Labute approximate surface area is 136 Å². The SMILES string of the molecule is O=C(Cc1ccccc1C1CCCC(O)(O)C1)c1ccccc1. The lowest BCUT2D eigenvalue weighted by atomic mass is 9.78. The van der Waals surface area contributed by atoms with Crippen molar-refractivity contribution in [1.82, 2.24) is 0 Å². The molecule has 0 heterocycles. The van der Waals surface area contributed by atoms with Crippen molar-refractivity contribution in [3.63, 3.8) is 0 Å². The van der Waals surface area contributed by atoms with Gasteiger partial charge in [0.25, 0.3) is 0 Å². The van der Waals surface area contributed by atoms with Gasteiger partial charge in [-0.1, -0.05) is 54.6 Å². The number of ketones is 1. The highest BCUT2D eigenvalue weighted by molar-refractivity contribution is 5.97. The Balaban J connectivity index is 1.82. The van der Waals surface area contributed by atoms with Crippen LogP contribution in [0.2, 0.25) is 0 Å². The lowest BCUT2D eigenvalue weighted by Gasteiger charge is -2.33. The van der Waals surface area contributed by atoms with Crippen LogP contribution in [-0.2, 0) is 6.42 Å². The van der Waals surface area contributed by atoms with Crippen molar-refractivity contribution in [2.45, 2.75) is 43.8 Å². The molecular weight excluding hydrogens is 288 g/mol. The van der Waals surface area contributed by atoms with Crippen LogP contribution in [0.1, 0.15) is 53.1 Å². The number of Topliss-reactive ketones (excluding diaryl/α,β-unsaturated/α-hetero) is 1. The van der Waals surface area contributed by atoms with E-state index in [9.17, 15) is 15.0 Å². The van der Waals surface area contributed by atoms with Gasteiger partial charge < -0.3 is 10.2 Å². The molecule has 2 N–H and O–H groups in total. The van der Waals surface area contributed by atoms with E-state index in [1.54, 1.807) is 0 Å². The molecule has 120 valence electrons. The second-order valence-corrected chi connectivity index (χ2v) is 6.44. The first-order valence-electron chi connectivity index (χ1n) is 8.16. The average molecular weight is 310 g/mol. The zero-order valence-corrected chi connectivity index (χ0v) is 13.1. The molecule has 23 heavy (non-hydrogen) atoms. The Morgan fingerprint density at radius 2 is 1.74 bits per heavy atom. The third-order valence-electron chi connectivity index (χ3n) is 4.64. The smallest absolute Gasteiger partial charge is 0.167 e. The summed E-state index contributed by atoms with van der Waals surface area (Å²) < 4.78 is 0. The van der Waals surface area contributed by atoms with Crippen LogP contribution in [0.4, 0.5) is 0 Å². The van der Waals surface area contributed by atoms with E-state index in [1.165, 1.54) is 0 Å². The molecule has 2 aromatic carbocycles. The van der Waals surface area contributed by atoms with Gasteiger partial charge in [0.2, 0.25) is 0 Å². The fraction of sp³-hybridized carbons (Fsp3) is 0.350. The van der Waals surface area contributed by atoms with E-state index in [0.717, 1.165) is 24.0 Å². The van der Waals surface area contributed by atoms with E-state index in [-0.39, 0.29) is 11.7 Å². The molecule has 3 rings (SSSR count). The topological polar surface area (TPSA) is 57.5 Å². The van der Waals surface area contributed by atoms with Crippen molar-refractivity contribution in [2.24, 2.45) is 0 Å². The lowest BCUT2D eigenvalue weighted by molar-refractivity contribution is -0.184. The van der Waals surface area contributed by atoms with Crippen molar-refractivity contribution in [3.8, 4) is 0 Å². The maximum absolute atomic E-state index is 12.5. The number of aliphatic hydroxyl groups is 2. The van der Waals surface area contributed by atoms with Gasteiger partial charge in [-0.05, 0) is 29.9 Å². The molecule has 3 nitrogen and oxygen atoms in total. The van der Waals surface area contributed by atoms with Gasteiger partial charge in [0, 0.05) is 24.8 Å². The second-order valence-electron chi connectivity index (χ2n) is 6.44. The highest BCUT2D eigenvalue weighted by Crippen LogP contribution is 2.38. The zero-order valence-electron chi connectivity index (χ0n) is 13.1. The molecule has 0 amide bonds. The molecule has 3 heteroatoms. The number of hydrogen-bond donors (Lipinski definition) is 2. The van der Waals surface area contributed by atoms with Crippen LogP contribution >= 0.6 is 0 Å². The summed E-state index contributed by atoms with van der Waals surface area (Å²) in [6, 6.07) is 17.2. The first-order valence-corrected chi connectivity index (χ1v) is 8.16. The predicted octanol–water partition coefficient (Wildman–Crippen LogP) is 3.45. The van der Waals surface area contributed by atoms with E-state index in [2.05, 4.69) is 0 Å². The Hall–Kier alpha value is -1.97. The van der Waals surface area contributed by atoms with Gasteiger partial charge in [-0.25, -0.2) is 0 Å². The van der Waals surface area contributed by atoms with Crippen molar-refractivity contribution in [2.75, 3.05) is 0 Å². The van der Waals surface area contributed by atoms with Crippen molar-refractivity contribution >= 4 is 5.78 Å². The lowest BCUT2D eigenvalue weighted by Crippen LogP contribution is -2.34. The largest absolute Gasteiger partial charge is 0.366 e. The molecule has 1 aliphatic rings. The van der Waals surface area contributed by atoms with Crippen LogP contribution in [0.15, 0.2) is 54.6 Å². The van der Waals surface area contributed by atoms with Gasteiger partial charge in [0.15, 0.2) is 11.6 Å². The zero-order chi connectivity index (χ0) is 16.3. The molecule has 1 atom stereocenters. The maximum atomic E-state index is 12.5. The minimum absolute atomic E-state index is 0.0909. The van der Waals surface area contributed by atoms with Gasteiger partial charge >= 0.3 is 0 Å². The van der Waals surface area contributed by atoms with Gasteiger partial charge in [0.05, 0.1) is 0 Å². The van der Waals surface area contributed by atoms with Crippen LogP contribution in [0.25, 0.3) is 0 Å². The highest BCUT2D eigenvalue weighted by atomic mass is 16.5. The van der Waals surface area contributed by atoms with Crippen LogP contribution < -0.4 is 0 Å². The minimum atomic E-state index is -1.58. The standard InChI is InChI=1S/C20H22O3/c21-19(15-7-2-1-3-8-15)13-16-9-4-5-11-18(16)17-10-6-12-20(22,23)14-17/h1-5,7-9,11,17,22-23H,6,10,12-14H2. The monoisotopic (exact) mass is 310 g/mol. The summed E-state index contributed by atoms with van der Waals surface area (Å²) in [5, 5.41) is 19.9. The summed E-state index contributed by atoms with van der Waals surface area (Å²) in [6.07, 6.45) is 2.83. The number of hydrogen-bond acceptors (Lipinski definition) is 3. The molecule has 1 fully saturated rings. The predicted molar refractivity (Wildman–Crippen MR) is 89.3 cm³/mol. The molecular formula is C20H22O3. The molecule has 2 aromatic rings. The summed E-state index contributed by atoms with van der Waals surface area (Å²) in [4.78, 5) is 12.5. The van der Waals surface area contributed by atoms with Gasteiger partial charge in [-0.2, -0.15) is 0 Å². The van der Waals surface area contributed by atoms with E-state index < -0.39 is 5.79 Å². The van der Waals surface area contributed by atoms with Crippen LogP contribution in [0.3, 0.4) is 0 Å². The second kappa shape index (κ2) is 6.65. The molecule has 1 saturated carbocycles.